The highest BCUT2D eigenvalue weighted by Crippen LogP contribution is 2.43. The van der Waals surface area contributed by atoms with E-state index in [1.54, 1.807) is 6.33 Å². The first kappa shape index (κ1) is 42.4. The van der Waals surface area contributed by atoms with Gasteiger partial charge >= 0.3 is 6.09 Å². The highest BCUT2D eigenvalue weighted by Gasteiger charge is 2.40. The van der Waals surface area contributed by atoms with Crippen molar-refractivity contribution >= 4 is 17.9 Å². The lowest BCUT2D eigenvalue weighted by atomic mass is 9.64. The van der Waals surface area contributed by atoms with Crippen molar-refractivity contribution in [3.63, 3.8) is 0 Å². The van der Waals surface area contributed by atoms with Gasteiger partial charge in [-0.2, -0.15) is 0 Å². The molecule has 7 aromatic rings. The number of hydrogen-bond acceptors (Lipinski definition) is 5. The standard InChI is InChI=1S/C54H53N5O4/c1-41-28-30-42(31-29-41)35-58(37-50(60)55-39-53(32-17-33-53)44-20-9-3-10-21-44)51(61)49(57-52(62)63-38-43-18-7-2-8-19-43)34-48-36-59(40-56-48)54(45-22-11-4-12-23-45,46-24-13-5-14-25-46)47-26-15-6-16-27-47/h2-16,18-31,36,40,49H,17,32-35,37-39H2,1H3,(H,55,60)(H,57,62)/t49-/m0/s1. The second kappa shape index (κ2) is 19.6. The molecule has 1 aliphatic carbocycles. The number of amides is 3. The summed E-state index contributed by atoms with van der Waals surface area (Å²) in [7, 11) is 0. The van der Waals surface area contributed by atoms with Gasteiger partial charge in [0.2, 0.25) is 11.8 Å². The lowest BCUT2D eigenvalue weighted by Crippen LogP contribution is -2.53. The van der Waals surface area contributed by atoms with Crippen LogP contribution in [0.3, 0.4) is 0 Å². The van der Waals surface area contributed by atoms with Gasteiger partial charge in [-0.3, -0.25) is 9.59 Å². The second-order valence-electron chi connectivity index (χ2n) is 16.5. The topological polar surface area (TPSA) is 106 Å². The Morgan fingerprint density at radius 2 is 1.25 bits per heavy atom. The molecule has 0 spiro atoms. The number of nitrogens with one attached hydrogen (secondary N) is 2. The number of imidazole rings is 1. The van der Waals surface area contributed by atoms with Crippen molar-refractivity contribution in [2.45, 2.75) is 62.8 Å². The number of carbonyl (C=O) groups is 3. The molecule has 1 aromatic heterocycles. The van der Waals surface area contributed by atoms with E-state index in [9.17, 15) is 9.59 Å². The number of nitrogens with zero attached hydrogens (tertiary/aromatic N) is 3. The van der Waals surface area contributed by atoms with Gasteiger partial charge in [0.15, 0.2) is 0 Å². The summed E-state index contributed by atoms with van der Waals surface area (Å²) in [6, 6.07) is 57.3. The maximum Gasteiger partial charge on any atom is 0.408 e. The third kappa shape index (κ3) is 9.79. The molecule has 3 amide bonds. The van der Waals surface area contributed by atoms with Gasteiger partial charge in [-0.25, -0.2) is 9.78 Å². The minimum atomic E-state index is -1.13. The zero-order valence-electron chi connectivity index (χ0n) is 35.6. The van der Waals surface area contributed by atoms with Gasteiger partial charge in [0.1, 0.15) is 18.2 Å². The van der Waals surface area contributed by atoms with E-state index in [-0.39, 0.29) is 37.4 Å². The Kier molecular flexibility index (Phi) is 13.2. The lowest BCUT2D eigenvalue weighted by Gasteiger charge is -2.42. The summed E-state index contributed by atoms with van der Waals surface area (Å²) in [5.74, 6) is -0.704. The molecule has 318 valence electrons. The fourth-order valence-electron chi connectivity index (χ4n) is 8.76. The quantitative estimate of drug-likeness (QED) is 0.0891. The van der Waals surface area contributed by atoms with Crippen LogP contribution in [0.1, 0.15) is 63.9 Å². The SMILES string of the molecule is Cc1ccc(CN(CC(=O)NCC2(c3ccccc3)CCC2)C(=O)[C@H](Cc2cn(C(c3ccccc3)(c3ccccc3)c3ccccc3)cn2)NC(=O)OCc2ccccc2)cc1. The van der Waals surface area contributed by atoms with Gasteiger partial charge in [-0.05, 0) is 53.1 Å². The summed E-state index contributed by atoms with van der Waals surface area (Å²) in [5, 5.41) is 6.07. The van der Waals surface area contributed by atoms with Crippen molar-refractivity contribution in [1.29, 1.82) is 0 Å². The molecule has 1 aliphatic rings. The van der Waals surface area contributed by atoms with Crippen molar-refractivity contribution in [1.82, 2.24) is 25.1 Å². The fourth-order valence-corrected chi connectivity index (χ4v) is 8.76. The normalized spacial score (nSPS) is 13.5. The number of rotatable bonds is 17. The number of aromatic nitrogens is 2. The Hall–Kier alpha value is -7.26. The predicted molar refractivity (Wildman–Crippen MR) is 246 cm³/mol. The van der Waals surface area contributed by atoms with Crippen LogP contribution in [0, 0.1) is 6.92 Å². The number of ether oxygens (including phenoxy) is 1. The molecule has 0 unspecified atom stereocenters. The third-order valence-electron chi connectivity index (χ3n) is 12.3. The van der Waals surface area contributed by atoms with E-state index >= 15 is 4.79 Å². The molecule has 0 saturated heterocycles. The fraction of sp³-hybridized carbons (Fsp3) is 0.222. The molecule has 8 rings (SSSR count). The number of hydrogen-bond donors (Lipinski definition) is 2. The van der Waals surface area contributed by atoms with Crippen molar-refractivity contribution in [3.8, 4) is 0 Å². The number of alkyl carbamates (subject to hydrolysis) is 1. The van der Waals surface area contributed by atoms with Crippen LogP contribution in [0.15, 0.2) is 188 Å². The summed E-state index contributed by atoms with van der Waals surface area (Å²) in [6.45, 7) is 2.45. The molecule has 0 aliphatic heterocycles. The molecule has 0 bridgehead atoms. The van der Waals surface area contributed by atoms with Gasteiger partial charge < -0.3 is 24.8 Å². The van der Waals surface area contributed by atoms with Crippen LogP contribution >= 0.6 is 0 Å². The summed E-state index contributed by atoms with van der Waals surface area (Å²) in [4.78, 5) is 49.1. The first-order valence-corrected chi connectivity index (χ1v) is 21.7. The molecule has 1 fully saturated rings. The Bertz CT molecular complexity index is 2470. The van der Waals surface area contributed by atoms with Crippen LogP contribution in [0.4, 0.5) is 4.79 Å². The summed E-state index contributed by atoms with van der Waals surface area (Å²) >= 11 is 0. The summed E-state index contributed by atoms with van der Waals surface area (Å²) in [6.07, 6.45) is 6.07. The summed E-state index contributed by atoms with van der Waals surface area (Å²) < 4.78 is 7.76. The number of benzene rings is 6. The third-order valence-corrected chi connectivity index (χ3v) is 12.3. The lowest BCUT2D eigenvalue weighted by molar-refractivity contribution is -0.138. The van der Waals surface area contributed by atoms with Gasteiger partial charge in [0.25, 0.3) is 0 Å². The van der Waals surface area contributed by atoms with Crippen molar-refractivity contribution < 1.29 is 19.1 Å². The Labute approximate surface area is 369 Å². The molecule has 0 radical (unpaired) electrons. The maximum atomic E-state index is 15.1. The molecule has 9 nitrogen and oxygen atoms in total. The molecule has 1 heterocycles. The van der Waals surface area contributed by atoms with Gasteiger partial charge in [-0.15, -0.1) is 0 Å². The Balaban J connectivity index is 1.12. The van der Waals surface area contributed by atoms with E-state index in [0.717, 1.165) is 52.6 Å². The minimum absolute atomic E-state index is 0.0224. The minimum Gasteiger partial charge on any atom is -0.445 e. The number of carbonyl (C=O) groups excluding carboxylic acids is 3. The van der Waals surface area contributed by atoms with E-state index in [1.165, 1.54) is 10.5 Å². The predicted octanol–water partition coefficient (Wildman–Crippen LogP) is 9.14. The van der Waals surface area contributed by atoms with Gasteiger partial charge in [-0.1, -0.05) is 188 Å². The molecule has 6 aromatic carbocycles. The average Bonchev–Trinajstić information content (AvgIpc) is 3.78. The molecule has 63 heavy (non-hydrogen) atoms. The highest BCUT2D eigenvalue weighted by molar-refractivity contribution is 5.90. The summed E-state index contributed by atoms with van der Waals surface area (Å²) in [5.41, 5.74) is 6.62. The zero-order valence-corrected chi connectivity index (χ0v) is 35.6. The smallest absolute Gasteiger partial charge is 0.408 e. The van der Waals surface area contributed by atoms with Crippen LogP contribution in [0.2, 0.25) is 0 Å². The number of aryl methyl sites for hydroxylation is 1. The highest BCUT2D eigenvalue weighted by atomic mass is 16.5. The first-order chi connectivity index (χ1) is 30.8. The molecule has 2 N–H and O–H groups in total. The van der Waals surface area contributed by atoms with E-state index in [4.69, 9.17) is 9.72 Å². The van der Waals surface area contributed by atoms with Crippen molar-refractivity contribution in [2.75, 3.05) is 13.1 Å². The van der Waals surface area contributed by atoms with E-state index < -0.39 is 23.6 Å². The van der Waals surface area contributed by atoms with E-state index in [0.29, 0.717) is 12.2 Å². The zero-order chi connectivity index (χ0) is 43.5. The molecular formula is C54H53N5O4. The molecule has 1 atom stereocenters. The van der Waals surface area contributed by atoms with Crippen molar-refractivity contribution in [2.24, 2.45) is 0 Å². The van der Waals surface area contributed by atoms with Crippen LogP contribution in [-0.2, 0) is 44.9 Å². The molecule has 9 heteroatoms. The van der Waals surface area contributed by atoms with Crippen LogP contribution in [0.25, 0.3) is 0 Å². The monoisotopic (exact) mass is 835 g/mol. The van der Waals surface area contributed by atoms with Crippen LogP contribution < -0.4 is 10.6 Å². The van der Waals surface area contributed by atoms with Crippen LogP contribution in [-0.4, -0.2) is 51.5 Å². The van der Waals surface area contributed by atoms with E-state index in [1.807, 2.05) is 141 Å². The van der Waals surface area contributed by atoms with Gasteiger partial charge in [0.05, 0.1) is 18.6 Å². The van der Waals surface area contributed by atoms with Gasteiger partial charge in [0, 0.05) is 31.1 Å². The van der Waals surface area contributed by atoms with Crippen molar-refractivity contribution in [3.05, 3.63) is 233 Å². The Morgan fingerprint density at radius 1 is 0.714 bits per heavy atom. The maximum absolute atomic E-state index is 15.1. The second-order valence-corrected chi connectivity index (χ2v) is 16.5. The first-order valence-electron chi connectivity index (χ1n) is 21.7. The van der Waals surface area contributed by atoms with Crippen LogP contribution in [0.5, 0.6) is 0 Å². The van der Waals surface area contributed by atoms with E-state index in [2.05, 4.69) is 63.7 Å². The molecular weight excluding hydrogens is 783 g/mol. The Morgan fingerprint density at radius 3 is 1.79 bits per heavy atom. The molecule has 1 saturated carbocycles. The average molecular weight is 836 g/mol. The largest absolute Gasteiger partial charge is 0.445 e.